The van der Waals surface area contributed by atoms with Crippen LogP contribution in [0.2, 0.25) is 0 Å². The highest BCUT2D eigenvalue weighted by atomic mass is 16.5. The Labute approximate surface area is 404 Å². The van der Waals surface area contributed by atoms with E-state index in [4.69, 9.17) is 4.74 Å². The fourth-order valence-corrected chi connectivity index (χ4v) is 8.83. The fraction of sp³-hybridized carbons (Fsp3) is 0.864. The molecular formula is C59H111NO5. The number of esters is 1. The molecule has 0 heterocycles. The number of carbonyl (C=O) groups is 2. The molecular weight excluding hydrogens is 803 g/mol. The van der Waals surface area contributed by atoms with Gasteiger partial charge < -0.3 is 20.3 Å². The fourth-order valence-electron chi connectivity index (χ4n) is 8.83. The third kappa shape index (κ3) is 48.3. The van der Waals surface area contributed by atoms with Gasteiger partial charge in [0.25, 0.3) is 0 Å². The van der Waals surface area contributed by atoms with Crippen molar-refractivity contribution in [2.45, 2.75) is 322 Å². The van der Waals surface area contributed by atoms with Crippen LogP contribution in [0.25, 0.3) is 0 Å². The molecule has 0 saturated heterocycles. The smallest absolute Gasteiger partial charge is 0.306 e. The molecule has 0 aliphatic carbocycles. The third-order valence-electron chi connectivity index (χ3n) is 13.2. The van der Waals surface area contributed by atoms with E-state index in [-0.39, 0.29) is 24.9 Å². The molecule has 0 spiro atoms. The first kappa shape index (κ1) is 63.1. The highest BCUT2D eigenvalue weighted by Crippen LogP contribution is 2.18. The second-order valence-electron chi connectivity index (χ2n) is 19.7. The molecule has 0 aromatic heterocycles. The van der Waals surface area contributed by atoms with Crippen LogP contribution < -0.4 is 5.32 Å². The van der Waals surface area contributed by atoms with Crippen LogP contribution in [-0.4, -0.2) is 46.9 Å². The summed E-state index contributed by atoms with van der Waals surface area (Å²) in [5.41, 5.74) is 0. The Bertz CT molecular complexity index is 1070. The number of aliphatic hydroxyl groups excluding tert-OH is 2. The first-order chi connectivity index (χ1) is 32.0. The zero-order valence-corrected chi connectivity index (χ0v) is 43.6. The molecule has 65 heavy (non-hydrogen) atoms. The average molecular weight is 915 g/mol. The molecule has 0 aliphatic heterocycles. The van der Waals surface area contributed by atoms with E-state index in [1.165, 1.54) is 180 Å². The summed E-state index contributed by atoms with van der Waals surface area (Å²) in [6.07, 6.45) is 63.5. The van der Waals surface area contributed by atoms with Crippen molar-refractivity contribution in [2.75, 3.05) is 6.61 Å². The zero-order chi connectivity index (χ0) is 47.4. The van der Waals surface area contributed by atoms with Crippen LogP contribution in [-0.2, 0) is 14.3 Å². The molecule has 0 bridgehead atoms. The molecule has 0 rings (SSSR count). The summed E-state index contributed by atoms with van der Waals surface area (Å²) < 4.78 is 5.94. The van der Waals surface area contributed by atoms with E-state index >= 15 is 0 Å². The van der Waals surface area contributed by atoms with Crippen molar-refractivity contribution in [3.63, 3.8) is 0 Å². The average Bonchev–Trinajstić information content (AvgIpc) is 3.30. The second kappa shape index (κ2) is 53.0. The van der Waals surface area contributed by atoms with Crippen LogP contribution in [0.5, 0.6) is 0 Å². The van der Waals surface area contributed by atoms with E-state index in [1.807, 2.05) is 0 Å². The number of aliphatic hydroxyl groups is 2. The lowest BCUT2D eigenvalue weighted by Gasteiger charge is -2.24. The summed E-state index contributed by atoms with van der Waals surface area (Å²) in [6.45, 7) is 6.50. The standard InChI is InChI=1S/C59H111NO5/c1-4-7-10-13-16-19-22-25-28-30-32-35-38-41-44-47-50-55(65-59(64)52-49-46-43-40-37-34-31-29-26-23-20-17-14-11-8-5-2)53-58(63)60-56(54-61)57(62)51-48-45-42-39-36-33-27-24-21-18-15-12-9-6-3/h29,31-32,34-35,37,55-57,61-62H,4-28,30,33,36,38-54H2,1-3H3,(H,60,63)/b31-29+,35-32+,37-34+. The van der Waals surface area contributed by atoms with Crippen LogP contribution in [0, 0.1) is 0 Å². The summed E-state index contributed by atoms with van der Waals surface area (Å²) >= 11 is 0. The lowest BCUT2D eigenvalue weighted by Crippen LogP contribution is -2.46. The summed E-state index contributed by atoms with van der Waals surface area (Å²) in [6, 6.07) is -0.710. The van der Waals surface area contributed by atoms with Gasteiger partial charge in [0.15, 0.2) is 0 Å². The number of allylic oxidation sites excluding steroid dienone is 6. The van der Waals surface area contributed by atoms with Crippen LogP contribution in [0.4, 0.5) is 0 Å². The number of ether oxygens (including phenoxy) is 1. The van der Waals surface area contributed by atoms with Gasteiger partial charge in [-0.3, -0.25) is 9.59 Å². The lowest BCUT2D eigenvalue weighted by atomic mass is 10.0. The van der Waals surface area contributed by atoms with Gasteiger partial charge in [-0.05, 0) is 77.0 Å². The van der Waals surface area contributed by atoms with E-state index in [1.54, 1.807) is 0 Å². The van der Waals surface area contributed by atoms with Crippen LogP contribution in [0.3, 0.4) is 0 Å². The summed E-state index contributed by atoms with van der Waals surface area (Å²) in [7, 11) is 0. The van der Waals surface area contributed by atoms with Crippen molar-refractivity contribution in [3.05, 3.63) is 36.5 Å². The molecule has 0 aromatic carbocycles. The summed E-state index contributed by atoms with van der Waals surface area (Å²) in [5, 5.41) is 23.9. The van der Waals surface area contributed by atoms with Gasteiger partial charge >= 0.3 is 5.97 Å². The highest BCUT2D eigenvalue weighted by Gasteiger charge is 2.24. The molecule has 6 nitrogen and oxygen atoms in total. The van der Waals surface area contributed by atoms with Gasteiger partial charge in [-0.25, -0.2) is 0 Å². The van der Waals surface area contributed by atoms with Crippen LogP contribution >= 0.6 is 0 Å². The molecule has 0 aromatic rings. The Morgan fingerprint density at radius 3 is 1.20 bits per heavy atom. The van der Waals surface area contributed by atoms with Gasteiger partial charge in [0.1, 0.15) is 6.10 Å². The largest absolute Gasteiger partial charge is 0.462 e. The molecule has 0 radical (unpaired) electrons. The molecule has 3 N–H and O–H groups in total. The van der Waals surface area contributed by atoms with E-state index in [0.29, 0.717) is 19.3 Å². The monoisotopic (exact) mass is 914 g/mol. The molecule has 6 heteroatoms. The Balaban J connectivity index is 4.61. The van der Waals surface area contributed by atoms with Gasteiger partial charge in [-0.15, -0.1) is 0 Å². The maximum atomic E-state index is 13.3. The summed E-state index contributed by atoms with van der Waals surface area (Å²) in [4.78, 5) is 26.2. The molecule has 3 atom stereocenters. The zero-order valence-electron chi connectivity index (χ0n) is 43.6. The van der Waals surface area contributed by atoms with Crippen LogP contribution in [0.15, 0.2) is 36.5 Å². The van der Waals surface area contributed by atoms with Gasteiger partial charge in [0.2, 0.25) is 5.91 Å². The minimum atomic E-state index is -0.795. The number of hydrogen-bond acceptors (Lipinski definition) is 5. The molecule has 1 amide bonds. The first-order valence-electron chi connectivity index (χ1n) is 28.7. The maximum Gasteiger partial charge on any atom is 0.306 e. The topological polar surface area (TPSA) is 95.9 Å². The van der Waals surface area contributed by atoms with Crippen LogP contribution in [0.1, 0.15) is 303 Å². The van der Waals surface area contributed by atoms with E-state index in [2.05, 4.69) is 62.5 Å². The number of carbonyl (C=O) groups excluding carboxylic acids is 2. The van der Waals surface area contributed by atoms with Gasteiger partial charge in [0, 0.05) is 6.42 Å². The van der Waals surface area contributed by atoms with Crippen molar-refractivity contribution in [3.8, 4) is 0 Å². The third-order valence-corrected chi connectivity index (χ3v) is 13.2. The van der Waals surface area contributed by atoms with E-state index in [0.717, 1.165) is 77.0 Å². The first-order valence-corrected chi connectivity index (χ1v) is 28.7. The highest BCUT2D eigenvalue weighted by molar-refractivity contribution is 5.77. The quantitative estimate of drug-likeness (QED) is 0.0244. The number of amides is 1. The number of hydrogen-bond donors (Lipinski definition) is 3. The van der Waals surface area contributed by atoms with Crippen molar-refractivity contribution in [2.24, 2.45) is 0 Å². The molecule has 382 valence electrons. The Kier molecular flexibility index (Phi) is 51.5. The minimum absolute atomic E-state index is 0.0593. The Hall–Kier alpha value is -1.92. The lowest BCUT2D eigenvalue weighted by molar-refractivity contribution is -0.151. The maximum absolute atomic E-state index is 13.3. The van der Waals surface area contributed by atoms with Crippen molar-refractivity contribution in [1.29, 1.82) is 0 Å². The van der Waals surface area contributed by atoms with Gasteiger partial charge in [-0.1, -0.05) is 250 Å². The predicted molar refractivity (Wildman–Crippen MR) is 282 cm³/mol. The van der Waals surface area contributed by atoms with Gasteiger partial charge in [-0.2, -0.15) is 0 Å². The summed E-state index contributed by atoms with van der Waals surface area (Å²) in [5.74, 6) is -0.507. The Morgan fingerprint density at radius 2 is 0.785 bits per heavy atom. The van der Waals surface area contributed by atoms with E-state index in [9.17, 15) is 19.8 Å². The minimum Gasteiger partial charge on any atom is -0.462 e. The van der Waals surface area contributed by atoms with E-state index < -0.39 is 18.2 Å². The number of rotatable bonds is 52. The van der Waals surface area contributed by atoms with Crippen molar-refractivity contribution < 1.29 is 24.5 Å². The van der Waals surface area contributed by atoms with Gasteiger partial charge in [0.05, 0.1) is 25.2 Å². The predicted octanol–water partition coefficient (Wildman–Crippen LogP) is 17.6. The number of unbranched alkanes of at least 4 members (excludes halogenated alkanes) is 35. The molecule has 3 unspecified atom stereocenters. The number of nitrogens with one attached hydrogen (secondary N) is 1. The molecule has 0 aliphatic rings. The normalized spacial score (nSPS) is 13.4. The van der Waals surface area contributed by atoms with Crippen molar-refractivity contribution >= 4 is 11.9 Å². The Morgan fingerprint density at radius 1 is 0.446 bits per heavy atom. The van der Waals surface area contributed by atoms with Crippen molar-refractivity contribution in [1.82, 2.24) is 5.32 Å². The molecule has 0 saturated carbocycles. The SMILES string of the molecule is CCCCCCCCC/C=C/C=C/CCCCCC(=O)OC(CCCCC/C=C/CCCCCCCCCCC)CC(=O)NC(CO)C(O)CCCCCCCCCCCCCCCC. The molecule has 0 fully saturated rings. The second-order valence-corrected chi connectivity index (χ2v) is 19.7.